The van der Waals surface area contributed by atoms with Crippen LogP contribution in [0.4, 0.5) is 0 Å². The summed E-state index contributed by atoms with van der Waals surface area (Å²) in [6.45, 7) is 0.648. The van der Waals surface area contributed by atoms with E-state index in [-0.39, 0.29) is 6.10 Å². The first-order chi connectivity index (χ1) is 10.7. The number of phenolic OH excluding ortho intramolecular Hbond substituents is 1. The predicted molar refractivity (Wildman–Crippen MR) is 93.6 cm³/mol. The summed E-state index contributed by atoms with van der Waals surface area (Å²) in [6, 6.07) is 17.5. The number of phenols is 1. The largest absolute Gasteiger partial charge is 0.507 e. The molecule has 0 saturated carbocycles. The lowest BCUT2D eigenvalue weighted by Gasteiger charge is -2.08. The van der Waals surface area contributed by atoms with E-state index in [0.717, 1.165) is 16.5 Å². The van der Waals surface area contributed by atoms with Gasteiger partial charge in [-0.2, -0.15) is 0 Å². The van der Waals surface area contributed by atoms with Gasteiger partial charge in [0.2, 0.25) is 0 Å². The zero-order valence-electron chi connectivity index (χ0n) is 12.6. The Balaban J connectivity index is 0.000000162. The van der Waals surface area contributed by atoms with Gasteiger partial charge in [0.25, 0.3) is 0 Å². The highest BCUT2D eigenvalue weighted by atomic mass is 32.1. The number of thiophene rings is 1. The van der Waals surface area contributed by atoms with Crippen LogP contribution in [0.2, 0.25) is 0 Å². The zero-order valence-corrected chi connectivity index (χ0v) is 13.4. The van der Waals surface area contributed by atoms with E-state index < -0.39 is 0 Å². The highest BCUT2D eigenvalue weighted by Crippen LogP contribution is 2.27. The second-order valence-electron chi connectivity index (χ2n) is 5.01. The van der Waals surface area contributed by atoms with E-state index in [1.807, 2.05) is 61.0 Å². The summed E-state index contributed by atoms with van der Waals surface area (Å²) in [5.74, 6) is 0.374. The number of aliphatic hydroxyl groups is 1. The van der Waals surface area contributed by atoms with Gasteiger partial charge in [-0.25, -0.2) is 0 Å². The van der Waals surface area contributed by atoms with Crippen molar-refractivity contribution < 1.29 is 10.2 Å². The molecular formula is C18H21NO2S. The second kappa shape index (κ2) is 8.54. The Kier molecular flexibility index (Phi) is 6.40. The molecule has 3 N–H and O–H groups in total. The fourth-order valence-electron chi connectivity index (χ4n) is 2.17. The van der Waals surface area contributed by atoms with Gasteiger partial charge in [-0.05, 0) is 42.6 Å². The van der Waals surface area contributed by atoms with Gasteiger partial charge in [-0.1, -0.05) is 36.4 Å². The van der Waals surface area contributed by atoms with E-state index in [2.05, 4.69) is 5.32 Å². The molecule has 0 aliphatic rings. The van der Waals surface area contributed by atoms with Crippen LogP contribution in [0.1, 0.15) is 5.56 Å². The number of benzene rings is 2. The number of aromatic hydroxyl groups is 1. The number of likely N-dealkylation sites (N-methyl/N-ethyl adjacent to an activating group) is 1. The molecule has 0 aliphatic carbocycles. The van der Waals surface area contributed by atoms with Crippen LogP contribution in [0.15, 0.2) is 60.0 Å². The van der Waals surface area contributed by atoms with Gasteiger partial charge >= 0.3 is 0 Å². The Bertz CT molecular complexity index is 682. The molecule has 0 bridgehead atoms. The molecule has 0 amide bonds. The van der Waals surface area contributed by atoms with E-state index in [4.69, 9.17) is 0 Å². The van der Waals surface area contributed by atoms with E-state index in [9.17, 15) is 10.2 Å². The highest BCUT2D eigenvalue weighted by molar-refractivity contribution is 7.17. The van der Waals surface area contributed by atoms with Crippen molar-refractivity contribution in [2.75, 3.05) is 13.6 Å². The lowest BCUT2D eigenvalue weighted by Crippen LogP contribution is -2.25. The van der Waals surface area contributed by atoms with E-state index in [1.54, 1.807) is 17.4 Å². The van der Waals surface area contributed by atoms with Crippen LogP contribution in [0.3, 0.4) is 0 Å². The number of rotatable bonds is 4. The van der Waals surface area contributed by atoms with Crippen molar-refractivity contribution in [1.82, 2.24) is 5.32 Å². The molecule has 0 unspecified atom stereocenters. The first kappa shape index (κ1) is 16.5. The molecule has 1 heterocycles. The second-order valence-corrected chi connectivity index (χ2v) is 5.96. The molecule has 0 spiro atoms. The first-order valence-electron chi connectivity index (χ1n) is 7.22. The smallest absolute Gasteiger partial charge is 0.124 e. The standard InChI is InChI=1S/C10H15NO.C8H6OS/c1-11-8-10(12)7-9-5-3-2-4-6-9;9-7-2-1-3-8-6(7)4-5-10-8/h2-6,10-12H,7-8H2,1H3;1-5,9H/t10-;/m1./s1. The molecule has 3 aromatic rings. The molecule has 22 heavy (non-hydrogen) atoms. The summed E-state index contributed by atoms with van der Waals surface area (Å²) < 4.78 is 1.14. The molecule has 3 rings (SSSR count). The Morgan fingerprint density at radius 2 is 1.82 bits per heavy atom. The van der Waals surface area contributed by atoms with Crippen molar-refractivity contribution in [3.63, 3.8) is 0 Å². The average Bonchev–Trinajstić information content (AvgIpc) is 2.99. The van der Waals surface area contributed by atoms with Crippen molar-refractivity contribution in [1.29, 1.82) is 0 Å². The van der Waals surface area contributed by atoms with E-state index in [1.165, 1.54) is 5.56 Å². The molecule has 0 aliphatic heterocycles. The normalized spacial score (nSPS) is 11.7. The Labute approximate surface area is 134 Å². The number of aliphatic hydroxyl groups excluding tert-OH is 1. The highest BCUT2D eigenvalue weighted by Gasteiger charge is 2.02. The quantitative estimate of drug-likeness (QED) is 0.691. The minimum absolute atomic E-state index is 0.280. The molecule has 0 radical (unpaired) electrons. The van der Waals surface area contributed by atoms with Crippen LogP contribution in [-0.4, -0.2) is 29.9 Å². The van der Waals surface area contributed by atoms with Crippen molar-refractivity contribution >= 4 is 21.4 Å². The van der Waals surface area contributed by atoms with Gasteiger partial charge in [-0.15, -0.1) is 11.3 Å². The lowest BCUT2D eigenvalue weighted by molar-refractivity contribution is 0.175. The van der Waals surface area contributed by atoms with Gasteiger partial charge < -0.3 is 15.5 Å². The number of hydrogen-bond donors (Lipinski definition) is 3. The minimum atomic E-state index is -0.280. The fraction of sp³-hybridized carbons (Fsp3) is 0.222. The van der Waals surface area contributed by atoms with Gasteiger partial charge in [0.1, 0.15) is 5.75 Å². The summed E-state index contributed by atoms with van der Waals surface area (Å²) in [5, 5.41) is 24.6. The van der Waals surface area contributed by atoms with Crippen LogP contribution in [-0.2, 0) is 6.42 Å². The number of nitrogens with one attached hydrogen (secondary N) is 1. The summed E-state index contributed by atoms with van der Waals surface area (Å²) in [7, 11) is 1.84. The predicted octanol–water partition coefficient (Wildman–Crippen LogP) is 3.42. The molecule has 4 heteroatoms. The van der Waals surface area contributed by atoms with E-state index >= 15 is 0 Å². The molecule has 116 valence electrons. The molecule has 3 nitrogen and oxygen atoms in total. The van der Waals surface area contributed by atoms with Crippen LogP contribution in [0.5, 0.6) is 5.75 Å². The lowest BCUT2D eigenvalue weighted by atomic mass is 10.1. The maximum atomic E-state index is 9.44. The topological polar surface area (TPSA) is 52.5 Å². The van der Waals surface area contributed by atoms with Crippen molar-refractivity contribution in [3.05, 3.63) is 65.5 Å². The molecule has 2 aromatic carbocycles. The molecule has 1 aromatic heterocycles. The van der Waals surface area contributed by atoms with Crippen LogP contribution < -0.4 is 5.32 Å². The summed E-state index contributed by atoms with van der Waals surface area (Å²) in [6.07, 6.45) is 0.444. The third-order valence-electron chi connectivity index (χ3n) is 3.23. The van der Waals surface area contributed by atoms with Crippen molar-refractivity contribution in [2.45, 2.75) is 12.5 Å². The van der Waals surface area contributed by atoms with Crippen molar-refractivity contribution in [3.8, 4) is 5.75 Å². The van der Waals surface area contributed by atoms with Gasteiger partial charge in [-0.3, -0.25) is 0 Å². The monoisotopic (exact) mass is 315 g/mol. The fourth-order valence-corrected chi connectivity index (χ4v) is 2.98. The molecule has 1 atom stereocenters. The van der Waals surface area contributed by atoms with E-state index in [0.29, 0.717) is 12.3 Å². The first-order valence-corrected chi connectivity index (χ1v) is 8.10. The third kappa shape index (κ3) is 4.84. The summed E-state index contributed by atoms with van der Waals surface area (Å²) in [4.78, 5) is 0. The molecular weight excluding hydrogens is 294 g/mol. The van der Waals surface area contributed by atoms with Crippen molar-refractivity contribution in [2.24, 2.45) is 0 Å². The Hall–Kier alpha value is -1.88. The van der Waals surface area contributed by atoms with Crippen LogP contribution in [0.25, 0.3) is 10.1 Å². The molecule has 0 saturated heterocycles. The third-order valence-corrected chi connectivity index (χ3v) is 4.11. The number of hydrogen-bond acceptors (Lipinski definition) is 4. The maximum absolute atomic E-state index is 9.44. The summed E-state index contributed by atoms with van der Waals surface area (Å²) >= 11 is 1.64. The average molecular weight is 315 g/mol. The Morgan fingerprint density at radius 3 is 2.50 bits per heavy atom. The molecule has 0 fully saturated rings. The maximum Gasteiger partial charge on any atom is 0.124 e. The van der Waals surface area contributed by atoms with Gasteiger partial charge in [0.15, 0.2) is 0 Å². The minimum Gasteiger partial charge on any atom is -0.507 e. The number of fused-ring (bicyclic) bond motifs is 1. The zero-order chi connectivity index (χ0) is 15.8. The van der Waals surface area contributed by atoms with Crippen LogP contribution >= 0.6 is 11.3 Å². The van der Waals surface area contributed by atoms with Gasteiger partial charge in [0.05, 0.1) is 6.10 Å². The van der Waals surface area contributed by atoms with Crippen LogP contribution in [0, 0.1) is 0 Å². The summed E-state index contributed by atoms with van der Waals surface area (Å²) in [5.41, 5.74) is 1.18. The Morgan fingerprint density at radius 1 is 1.05 bits per heavy atom. The van der Waals surface area contributed by atoms with Gasteiger partial charge in [0, 0.05) is 16.6 Å². The SMILES string of the molecule is CNC[C@H](O)Cc1ccccc1.Oc1cccc2sccc12.